The summed E-state index contributed by atoms with van der Waals surface area (Å²) in [5.41, 5.74) is 0.752. The van der Waals surface area contributed by atoms with Crippen molar-refractivity contribution in [2.24, 2.45) is 0 Å². The van der Waals surface area contributed by atoms with E-state index in [-0.39, 0.29) is 18.9 Å². The molecule has 0 atom stereocenters. The average Bonchev–Trinajstić information content (AvgIpc) is 2.65. The van der Waals surface area contributed by atoms with Gasteiger partial charge in [-0.3, -0.25) is 4.79 Å². The Kier molecular flexibility index (Phi) is 7.59. The van der Waals surface area contributed by atoms with E-state index in [0.717, 1.165) is 5.56 Å². The molecule has 0 aromatic heterocycles. The molecule has 7 heteroatoms. The van der Waals surface area contributed by atoms with Crippen molar-refractivity contribution in [2.75, 3.05) is 20.3 Å². The van der Waals surface area contributed by atoms with E-state index >= 15 is 0 Å². The number of carbonyl (C=O) groups excluding carboxylic acids is 1. The highest BCUT2D eigenvalue weighted by Gasteiger charge is 2.12. The quantitative estimate of drug-likeness (QED) is 0.681. The summed E-state index contributed by atoms with van der Waals surface area (Å²) in [6.07, 6.45) is -0.185. The van der Waals surface area contributed by atoms with E-state index < -0.39 is 0 Å². The maximum absolute atomic E-state index is 11.5. The number of ether oxygens (including phenoxy) is 3. The number of benzene rings is 2. The maximum Gasteiger partial charge on any atom is 0.234 e. The third kappa shape index (κ3) is 5.87. The van der Waals surface area contributed by atoms with Crippen molar-refractivity contribution in [3.63, 3.8) is 0 Å². The molecule has 2 rings (SSSR count). The predicted molar refractivity (Wildman–Crippen MR) is 97.5 cm³/mol. The van der Waals surface area contributed by atoms with Crippen LogP contribution in [0, 0.1) is 11.3 Å². The molecule has 6 nitrogen and oxygen atoms in total. The molecule has 26 heavy (non-hydrogen) atoms. The summed E-state index contributed by atoms with van der Waals surface area (Å²) in [7, 11) is 1.55. The summed E-state index contributed by atoms with van der Waals surface area (Å²) >= 11 is 5.83. The zero-order valence-electron chi connectivity index (χ0n) is 14.3. The van der Waals surface area contributed by atoms with E-state index in [1.165, 1.54) is 0 Å². The van der Waals surface area contributed by atoms with Gasteiger partial charge in [0, 0.05) is 17.1 Å². The number of nitrogens with zero attached hydrogens (tertiary/aromatic N) is 1. The van der Waals surface area contributed by atoms with Crippen LogP contribution in [-0.4, -0.2) is 26.2 Å². The Morgan fingerprint density at radius 1 is 1.15 bits per heavy atom. The SMILES string of the molecule is COc1cccc(CNC(=O)CC#N)c1OCCOc1ccc(Cl)cc1. The van der Waals surface area contributed by atoms with Gasteiger partial charge in [-0.05, 0) is 30.3 Å². The van der Waals surface area contributed by atoms with Gasteiger partial charge in [-0.2, -0.15) is 5.26 Å². The van der Waals surface area contributed by atoms with Crippen LogP contribution < -0.4 is 19.5 Å². The van der Waals surface area contributed by atoms with Gasteiger partial charge >= 0.3 is 0 Å². The summed E-state index contributed by atoms with van der Waals surface area (Å²) in [6, 6.07) is 14.3. The molecule has 0 unspecified atom stereocenters. The molecule has 0 aliphatic heterocycles. The van der Waals surface area contributed by atoms with Gasteiger partial charge in [0.05, 0.1) is 13.2 Å². The van der Waals surface area contributed by atoms with Gasteiger partial charge < -0.3 is 19.5 Å². The molecule has 2 aromatic carbocycles. The summed E-state index contributed by atoms with van der Waals surface area (Å²) in [6.45, 7) is 0.868. The molecule has 0 saturated heterocycles. The summed E-state index contributed by atoms with van der Waals surface area (Å²) in [5, 5.41) is 11.9. The van der Waals surface area contributed by atoms with Gasteiger partial charge in [0.2, 0.25) is 5.91 Å². The molecular weight excluding hydrogens is 356 g/mol. The van der Waals surface area contributed by atoms with Crippen LogP contribution in [0.1, 0.15) is 12.0 Å². The number of carbonyl (C=O) groups is 1. The Morgan fingerprint density at radius 2 is 1.88 bits per heavy atom. The highest BCUT2D eigenvalue weighted by molar-refractivity contribution is 6.30. The Bertz CT molecular complexity index is 772. The monoisotopic (exact) mass is 374 g/mol. The second-order valence-corrected chi connectivity index (χ2v) is 5.65. The normalized spacial score (nSPS) is 9.88. The zero-order valence-corrected chi connectivity index (χ0v) is 15.1. The van der Waals surface area contributed by atoms with Crippen molar-refractivity contribution in [2.45, 2.75) is 13.0 Å². The van der Waals surface area contributed by atoms with Gasteiger partial charge in [0.15, 0.2) is 11.5 Å². The molecule has 0 saturated carbocycles. The van der Waals surface area contributed by atoms with Gasteiger partial charge in [-0.1, -0.05) is 23.7 Å². The highest BCUT2D eigenvalue weighted by Crippen LogP contribution is 2.31. The van der Waals surface area contributed by atoms with Crippen molar-refractivity contribution in [3.8, 4) is 23.3 Å². The second-order valence-electron chi connectivity index (χ2n) is 5.21. The number of halogens is 1. The Balaban J connectivity index is 1.94. The minimum absolute atomic E-state index is 0.185. The lowest BCUT2D eigenvalue weighted by atomic mass is 10.2. The van der Waals surface area contributed by atoms with Gasteiger partial charge in [-0.25, -0.2) is 0 Å². The van der Waals surface area contributed by atoms with E-state index in [1.807, 2.05) is 18.2 Å². The molecule has 1 amide bonds. The van der Waals surface area contributed by atoms with E-state index in [1.54, 1.807) is 37.4 Å². The Morgan fingerprint density at radius 3 is 2.58 bits per heavy atom. The number of hydrogen-bond acceptors (Lipinski definition) is 5. The second kappa shape index (κ2) is 10.2. The zero-order chi connectivity index (χ0) is 18.8. The fourth-order valence-corrected chi connectivity index (χ4v) is 2.31. The Hall–Kier alpha value is -2.91. The first kappa shape index (κ1) is 19.4. The number of nitrogens with one attached hydrogen (secondary N) is 1. The summed E-state index contributed by atoms with van der Waals surface area (Å²) in [5.74, 6) is 1.45. The molecule has 1 N–H and O–H groups in total. The lowest BCUT2D eigenvalue weighted by Crippen LogP contribution is -2.22. The number of rotatable bonds is 9. The first-order valence-electron chi connectivity index (χ1n) is 7.94. The van der Waals surface area contributed by atoms with Crippen molar-refractivity contribution >= 4 is 17.5 Å². The summed E-state index contributed by atoms with van der Waals surface area (Å²) < 4.78 is 16.7. The largest absolute Gasteiger partial charge is 0.493 e. The number of amides is 1. The number of methoxy groups -OCH3 is 1. The van der Waals surface area contributed by atoms with E-state index in [2.05, 4.69) is 5.32 Å². The third-order valence-electron chi connectivity index (χ3n) is 3.41. The van der Waals surface area contributed by atoms with Crippen LogP contribution in [0.4, 0.5) is 0 Å². The van der Waals surface area contributed by atoms with Crippen molar-refractivity contribution < 1.29 is 19.0 Å². The van der Waals surface area contributed by atoms with Crippen molar-refractivity contribution in [1.82, 2.24) is 5.32 Å². The van der Waals surface area contributed by atoms with Crippen LogP contribution in [-0.2, 0) is 11.3 Å². The predicted octanol–water partition coefficient (Wildman–Crippen LogP) is 3.34. The molecule has 0 spiro atoms. The topological polar surface area (TPSA) is 80.6 Å². The van der Waals surface area contributed by atoms with Crippen LogP contribution in [0.25, 0.3) is 0 Å². The van der Waals surface area contributed by atoms with Crippen LogP contribution in [0.5, 0.6) is 17.2 Å². The Labute approximate surface area is 157 Å². The molecule has 0 aliphatic carbocycles. The van der Waals surface area contributed by atoms with Gasteiger partial charge in [0.25, 0.3) is 0 Å². The fourth-order valence-electron chi connectivity index (χ4n) is 2.19. The minimum atomic E-state index is -0.340. The molecule has 0 bridgehead atoms. The third-order valence-corrected chi connectivity index (χ3v) is 3.66. The maximum atomic E-state index is 11.5. The average molecular weight is 375 g/mol. The standard InChI is InChI=1S/C19H19ClN2O4/c1-24-17-4-2-3-14(13-22-18(23)9-10-21)19(17)26-12-11-25-16-7-5-15(20)6-8-16/h2-8H,9,11-13H2,1H3,(H,22,23). The molecule has 0 aliphatic rings. The minimum Gasteiger partial charge on any atom is -0.493 e. The summed E-state index contributed by atoms with van der Waals surface area (Å²) in [4.78, 5) is 11.5. The van der Waals surface area contributed by atoms with E-state index in [9.17, 15) is 4.79 Å². The molecular formula is C19H19ClN2O4. The first-order chi connectivity index (χ1) is 12.6. The molecule has 2 aromatic rings. The van der Waals surface area contributed by atoms with Crippen molar-refractivity contribution in [3.05, 3.63) is 53.1 Å². The molecule has 136 valence electrons. The lowest BCUT2D eigenvalue weighted by molar-refractivity contribution is -0.120. The first-order valence-corrected chi connectivity index (χ1v) is 8.32. The number of hydrogen-bond donors (Lipinski definition) is 1. The van der Waals surface area contributed by atoms with Gasteiger partial charge in [0.1, 0.15) is 25.4 Å². The fraction of sp³-hybridized carbons (Fsp3) is 0.263. The van der Waals surface area contributed by atoms with Crippen LogP contribution >= 0.6 is 11.6 Å². The molecule has 0 radical (unpaired) electrons. The van der Waals surface area contributed by atoms with E-state index in [4.69, 9.17) is 31.1 Å². The van der Waals surface area contributed by atoms with Crippen molar-refractivity contribution in [1.29, 1.82) is 5.26 Å². The van der Waals surface area contributed by atoms with Crippen LogP contribution in [0.15, 0.2) is 42.5 Å². The number of para-hydroxylation sites is 1. The van der Waals surface area contributed by atoms with Crippen LogP contribution in [0.2, 0.25) is 5.02 Å². The molecule has 0 heterocycles. The smallest absolute Gasteiger partial charge is 0.234 e. The number of nitriles is 1. The van der Waals surface area contributed by atoms with E-state index in [0.29, 0.717) is 35.5 Å². The lowest BCUT2D eigenvalue weighted by Gasteiger charge is -2.15. The van der Waals surface area contributed by atoms with Gasteiger partial charge in [-0.15, -0.1) is 0 Å². The van der Waals surface area contributed by atoms with Crippen LogP contribution in [0.3, 0.4) is 0 Å². The highest BCUT2D eigenvalue weighted by atomic mass is 35.5. The molecule has 0 fully saturated rings.